The van der Waals surface area contributed by atoms with Crippen LogP contribution in [-0.2, 0) is 6.54 Å². The molecule has 6 heteroatoms. The van der Waals surface area contributed by atoms with E-state index in [4.69, 9.17) is 0 Å². The summed E-state index contributed by atoms with van der Waals surface area (Å²) in [6.45, 7) is 4.95. The number of carbonyl (C=O) groups excluding carboxylic acids is 1. The third-order valence-electron chi connectivity index (χ3n) is 4.27. The maximum atomic E-state index is 12.4. The van der Waals surface area contributed by atoms with E-state index in [1.54, 1.807) is 6.20 Å². The molecule has 1 fully saturated rings. The fourth-order valence-corrected chi connectivity index (χ4v) is 3.11. The molecule has 0 bridgehead atoms. The van der Waals surface area contributed by atoms with Crippen molar-refractivity contribution in [3.63, 3.8) is 0 Å². The molecule has 1 amide bonds. The summed E-state index contributed by atoms with van der Waals surface area (Å²) in [7, 11) is 0. The Morgan fingerprint density at radius 1 is 1.39 bits per heavy atom. The highest BCUT2D eigenvalue weighted by Crippen LogP contribution is 2.20. The van der Waals surface area contributed by atoms with Crippen LogP contribution in [0.15, 0.2) is 34.9 Å². The van der Waals surface area contributed by atoms with Crippen LogP contribution in [0.2, 0.25) is 0 Å². The molecule has 0 saturated carbocycles. The van der Waals surface area contributed by atoms with Gasteiger partial charge in [-0.2, -0.15) is 5.10 Å². The van der Waals surface area contributed by atoms with Gasteiger partial charge in [0.15, 0.2) is 0 Å². The number of benzene rings is 1. The van der Waals surface area contributed by atoms with Crippen molar-refractivity contribution >= 4 is 27.7 Å². The number of aryl methyl sites for hydroxylation is 1. The second-order valence-corrected chi connectivity index (χ2v) is 6.86. The Bertz CT molecular complexity index is 692. The quantitative estimate of drug-likeness (QED) is 0.860. The first-order valence-corrected chi connectivity index (χ1v) is 8.73. The van der Waals surface area contributed by atoms with Gasteiger partial charge in [0.2, 0.25) is 0 Å². The highest BCUT2D eigenvalue weighted by molar-refractivity contribution is 9.10. The molecule has 3 rings (SSSR count). The lowest BCUT2D eigenvalue weighted by atomic mass is 9.98. The highest BCUT2D eigenvalue weighted by atomic mass is 79.9. The molecule has 2 N–H and O–H groups in total. The molecule has 0 spiro atoms. The summed E-state index contributed by atoms with van der Waals surface area (Å²) < 4.78 is 2.91. The Hall–Kier alpha value is -1.66. The van der Waals surface area contributed by atoms with Gasteiger partial charge in [-0.25, -0.2) is 4.68 Å². The summed E-state index contributed by atoms with van der Waals surface area (Å²) in [5, 5.41) is 10.7. The lowest BCUT2D eigenvalue weighted by molar-refractivity contribution is 0.102. The number of aromatic nitrogens is 2. The number of carbonyl (C=O) groups is 1. The first-order chi connectivity index (χ1) is 11.1. The second-order valence-electron chi connectivity index (χ2n) is 6.01. The Kier molecular flexibility index (Phi) is 5.13. The van der Waals surface area contributed by atoms with E-state index in [0.717, 1.165) is 48.3 Å². The summed E-state index contributed by atoms with van der Waals surface area (Å²) >= 11 is 3.46. The third kappa shape index (κ3) is 4.00. The van der Waals surface area contributed by atoms with E-state index >= 15 is 0 Å². The van der Waals surface area contributed by atoms with Crippen LogP contribution < -0.4 is 10.6 Å². The van der Waals surface area contributed by atoms with Crippen LogP contribution in [0.25, 0.3) is 0 Å². The van der Waals surface area contributed by atoms with Gasteiger partial charge in [-0.05, 0) is 62.5 Å². The van der Waals surface area contributed by atoms with Crippen molar-refractivity contribution in [3.8, 4) is 0 Å². The summed E-state index contributed by atoms with van der Waals surface area (Å²) in [6.07, 6.45) is 4.04. The van der Waals surface area contributed by atoms with Crippen molar-refractivity contribution in [2.24, 2.45) is 5.92 Å². The number of nitrogens with zero attached hydrogens (tertiary/aromatic N) is 2. The number of rotatable bonds is 4. The minimum absolute atomic E-state index is 0.104. The van der Waals surface area contributed by atoms with Gasteiger partial charge in [0.05, 0.1) is 6.20 Å². The summed E-state index contributed by atoms with van der Waals surface area (Å²) in [5.41, 5.74) is 1.70. The van der Waals surface area contributed by atoms with E-state index < -0.39 is 0 Å². The maximum Gasteiger partial charge on any atom is 0.256 e. The third-order valence-corrected chi connectivity index (χ3v) is 5.16. The first kappa shape index (κ1) is 16.2. The van der Waals surface area contributed by atoms with Gasteiger partial charge in [-0.3, -0.25) is 4.79 Å². The normalized spacial score (nSPS) is 15.6. The molecule has 1 aromatic carbocycles. The zero-order chi connectivity index (χ0) is 16.2. The molecule has 1 aliphatic rings. The molecule has 5 nitrogen and oxygen atoms in total. The molecule has 1 saturated heterocycles. The molecule has 1 aliphatic heterocycles. The van der Waals surface area contributed by atoms with Gasteiger partial charge in [0.1, 0.15) is 5.82 Å². The SMILES string of the molecule is Cc1cc(C(=O)Nc2ccnn2CC2CCNCC2)ccc1Br. The first-order valence-electron chi connectivity index (χ1n) is 7.93. The van der Waals surface area contributed by atoms with Crippen molar-refractivity contribution in [2.75, 3.05) is 18.4 Å². The number of piperidine rings is 1. The van der Waals surface area contributed by atoms with Gasteiger partial charge in [0.25, 0.3) is 5.91 Å². The molecule has 1 aromatic heterocycles. The topological polar surface area (TPSA) is 59.0 Å². The van der Waals surface area contributed by atoms with Crippen molar-refractivity contribution in [3.05, 3.63) is 46.1 Å². The lowest BCUT2D eigenvalue weighted by Gasteiger charge is -2.23. The van der Waals surface area contributed by atoms with Crippen molar-refractivity contribution < 1.29 is 4.79 Å². The lowest BCUT2D eigenvalue weighted by Crippen LogP contribution is -2.30. The van der Waals surface area contributed by atoms with Gasteiger partial charge < -0.3 is 10.6 Å². The minimum Gasteiger partial charge on any atom is -0.317 e. The van der Waals surface area contributed by atoms with Gasteiger partial charge >= 0.3 is 0 Å². The Labute approximate surface area is 144 Å². The number of nitrogens with one attached hydrogen (secondary N) is 2. The van der Waals surface area contributed by atoms with E-state index in [9.17, 15) is 4.79 Å². The molecule has 122 valence electrons. The Balaban J connectivity index is 1.69. The van der Waals surface area contributed by atoms with Crippen LogP contribution >= 0.6 is 15.9 Å². The number of hydrogen-bond donors (Lipinski definition) is 2. The predicted molar refractivity (Wildman–Crippen MR) is 94.7 cm³/mol. The average molecular weight is 377 g/mol. The average Bonchev–Trinajstić information content (AvgIpc) is 2.98. The molecule has 2 aromatic rings. The van der Waals surface area contributed by atoms with Crippen LogP contribution in [0.5, 0.6) is 0 Å². The molecule has 2 heterocycles. The van der Waals surface area contributed by atoms with E-state index in [1.165, 1.54) is 0 Å². The van der Waals surface area contributed by atoms with E-state index in [-0.39, 0.29) is 5.91 Å². The number of anilines is 1. The van der Waals surface area contributed by atoms with Crippen molar-refractivity contribution in [1.82, 2.24) is 15.1 Å². The maximum absolute atomic E-state index is 12.4. The summed E-state index contributed by atoms with van der Waals surface area (Å²) in [5.74, 6) is 1.27. The van der Waals surface area contributed by atoms with Crippen molar-refractivity contribution in [1.29, 1.82) is 0 Å². The molecule has 0 radical (unpaired) electrons. The molecular weight excluding hydrogens is 356 g/mol. The van der Waals surface area contributed by atoms with Crippen LogP contribution in [0.3, 0.4) is 0 Å². The van der Waals surface area contributed by atoms with E-state index in [0.29, 0.717) is 11.5 Å². The van der Waals surface area contributed by atoms with Crippen molar-refractivity contribution in [2.45, 2.75) is 26.3 Å². The zero-order valence-corrected chi connectivity index (χ0v) is 14.8. The predicted octanol–water partition coefficient (Wildman–Crippen LogP) is 3.21. The number of amides is 1. The Morgan fingerprint density at radius 3 is 2.91 bits per heavy atom. The van der Waals surface area contributed by atoms with Gasteiger partial charge in [0, 0.05) is 22.6 Å². The molecular formula is C17H21BrN4O. The van der Waals surface area contributed by atoms with Crippen LogP contribution in [0.4, 0.5) is 5.82 Å². The molecule has 0 atom stereocenters. The largest absolute Gasteiger partial charge is 0.317 e. The van der Waals surface area contributed by atoms with Gasteiger partial charge in [-0.1, -0.05) is 15.9 Å². The minimum atomic E-state index is -0.104. The number of halogens is 1. The molecule has 0 aliphatic carbocycles. The fraction of sp³-hybridized carbons (Fsp3) is 0.412. The van der Waals surface area contributed by atoms with Crippen LogP contribution in [0, 0.1) is 12.8 Å². The highest BCUT2D eigenvalue weighted by Gasteiger charge is 2.16. The van der Waals surface area contributed by atoms with Crippen LogP contribution in [0.1, 0.15) is 28.8 Å². The molecule has 23 heavy (non-hydrogen) atoms. The van der Waals surface area contributed by atoms with Gasteiger partial charge in [-0.15, -0.1) is 0 Å². The molecule has 0 unspecified atom stereocenters. The smallest absolute Gasteiger partial charge is 0.256 e. The monoisotopic (exact) mass is 376 g/mol. The summed E-state index contributed by atoms with van der Waals surface area (Å²) in [6, 6.07) is 7.45. The summed E-state index contributed by atoms with van der Waals surface area (Å²) in [4.78, 5) is 12.4. The van der Waals surface area contributed by atoms with E-state index in [1.807, 2.05) is 35.9 Å². The Morgan fingerprint density at radius 2 is 2.17 bits per heavy atom. The van der Waals surface area contributed by atoms with Crippen LogP contribution in [-0.4, -0.2) is 28.8 Å². The standard InChI is InChI=1S/C17H21BrN4O/c1-12-10-14(2-3-15(12)18)17(23)21-16-6-9-20-22(16)11-13-4-7-19-8-5-13/h2-3,6,9-10,13,19H,4-5,7-8,11H2,1H3,(H,21,23). The fourth-order valence-electron chi connectivity index (χ4n) is 2.87. The number of hydrogen-bond acceptors (Lipinski definition) is 3. The zero-order valence-electron chi connectivity index (χ0n) is 13.2. The second kappa shape index (κ2) is 7.27. The van der Waals surface area contributed by atoms with E-state index in [2.05, 4.69) is 31.7 Å².